The number of benzene rings is 1. The fourth-order valence-corrected chi connectivity index (χ4v) is 2.55. The van der Waals surface area contributed by atoms with Crippen LogP contribution < -0.4 is 5.32 Å². The van der Waals surface area contributed by atoms with Crippen molar-refractivity contribution in [3.05, 3.63) is 39.4 Å². The van der Waals surface area contributed by atoms with Crippen LogP contribution in [0.3, 0.4) is 0 Å². The Morgan fingerprint density at radius 2 is 2.00 bits per heavy atom. The third kappa shape index (κ3) is 3.92. The van der Waals surface area contributed by atoms with Gasteiger partial charge in [-0.2, -0.15) is 0 Å². The van der Waals surface area contributed by atoms with Crippen molar-refractivity contribution in [1.82, 2.24) is 10.2 Å². The zero-order valence-corrected chi connectivity index (χ0v) is 13.0. The van der Waals surface area contributed by atoms with Crippen LogP contribution in [0.1, 0.15) is 28.8 Å². The van der Waals surface area contributed by atoms with Gasteiger partial charge < -0.3 is 10.2 Å². The first kappa shape index (κ1) is 17.4. The van der Waals surface area contributed by atoms with E-state index in [9.17, 15) is 14.9 Å². The summed E-state index contributed by atoms with van der Waals surface area (Å²) in [5.41, 5.74) is 1.09. The van der Waals surface area contributed by atoms with Crippen LogP contribution in [0.15, 0.2) is 18.2 Å². The van der Waals surface area contributed by atoms with Crippen LogP contribution in [0.2, 0.25) is 0 Å². The van der Waals surface area contributed by atoms with Gasteiger partial charge >= 0.3 is 0 Å². The first-order valence-corrected chi connectivity index (χ1v) is 6.74. The fraction of sp³-hybridized carbons (Fsp3) is 0.500. The predicted octanol–water partition coefficient (Wildman–Crippen LogP) is 2.15. The molecule has 6 nitrogen and oxygen atoms in total. The van der Waals surface area contributed by atoms with Gasteiger partial charge in [0.25, 0.3) is 11.6 Å². The minimum absolute atomic E-state index is 0. The van der Waals surface area contributed by atoms with Gasteiger partial charge in [0.15, 0.2) is 0 Å². The molecule has 1 aromatic rings. The highest BCUT2D eigenvalue weighted by atomic mass is 35.5. The summed E-state index contributed by atoms with van der Waals surface area (Å²) in [7, 11) is 1.93. The molecule has 116 valence electrons. The maximum Gasteiger partial charge on any atom is 0.272 e. The Balaban J connectivity index is 0.00000220. The molecule has 1 aliphatic rings. The first-order valence-electron chi connectivity index (χ1n) is 6.74. The summed E-state index contributed by atoms with van der Waals surface area (Å²) in [5.74, 6) is -0.0439. The molecule has 21 heavy (non-hydrogen) atoms. The van der Waals surface area contributed by atoms with Crippen molar-refractivity contribution >= 4 is 24.0 Å². The summed E-state index contributed by atoms with van der Waals surface area (Å²) in [4.78, 5) is 24.5. The largest absolute Gasteiger partial charge is 0.339 e. The molecule has 1 amide bonds. The van der Waals surface area contributed by atoms with Gasteiger partial charge in [0.2, 0.25) is 0 Å². The van der Waals surface area contributed by atoms with E-state index >= 15 is 0 Å². The molecule has 0 radical (unpaired) electrons. The molecule has 0 aromatic heterocycles. The number of likely N-dealkylation sites (tertiary alicyclic amines) is 1. The third-order valence-corrected chi connectivity index (χ3v) is 3.83. The number of carbonyl (C=O) groups excluding carboxylic acids is 1. The lowest BCUT2D eigenvalue weighted by Gasteiger charge is -2.31. The normalized spacial score (nSPS) is 15.4. The zero-order valence-electron chi connectivity index (χ0n) is 12.2. The quantitative estimate of drug-likeness (QED) is 0.685. The van der Waals surface area contributed by atoms with E-state index < -0.39 is 4.92 Å². The highest BCUT2D eigenvalue weighted by Gasteiger charge is 2.23. The SMILES string of the molecule is CNC1CCN(C(=O)c2ccc([N+](=O)[O-])c(C)c2)CC1.Cl. The van der Waals surface area contributed by atoms with Crippen molar-refractivity contribution in [1.29, 1.82) is 0 Å². The van der Waals surface area contributed by atoms with Gasteiger partial charge in [0, 0.05) is 36.3 Å². The number of piperidine rings is 1. The number of nitrogens with one attached hydrogen (secondary N) is 1. The summed E-state index contributed by atoms with van der Waals surface area (Å²) < 4.78 is 0. The highest BCUT2D eigenvalue weighted by molar-refractivity contribution is 5.94. The molecule has 0 atom stereocenters. The van der Waals surface area contributed by atoms with Crippen molar-refractivity contribution in [2.45, 2.75) is 25.8 Å². The molecule has 0 spiro atoms. The Labute approximate surface area is 130 Å². The van der Waals surface area contributed by atoms with Crippen LogP contribution in [0.5, 0.6) is 0 Å². The van der Waals surface area contributed by atoms with E-state index in [-0.39, 0.29) is 24.0 Å². The summed E-state index contributed by atoms with van der Waals surface area (Å²) >= 11 is 0. The van der Waals surface area contributed by atoms with E-state index in [1.807, 2.05) is 11.9 Å². The maximum absolute atomic E-state index is 12.4. The molecule has 1 N–H and O–H groups in total. The van der Waals surface area contributed by atoms with E-state index in [0.29, 0.717) is 17.2 Å². The molecule has 0 unspecified atom stereocenters. The second kappa shape index (κ2) is 7.38. The Hall–Kier alpha value is -1.66. The second-order valence-electron chi connectivity index (χ2n) is 5.11. The molecule has 0 saturated carbocycles. The minimum Gasteiger partial charge on any atom is -0.339 e. The molecule has 1 heterocycles. The van der Waals surface area contributed by atoms with E-state index in [4.69, 9.17) is 0 Å². The molecule has 1 saturated heterocycles. The number of aryl methyl sites for hydroxylation is 1. The summed E-state index contributed by atoms with van der Waals surface area (Å²) in [5, 5.41) is 14.0. The zero-order chi connectivity index (χ0) is 14.7. The number of rotatable bonds is 3. The van der Waals surface area contributed by atoms with Gasteiger partial charge in [-0.3, -0.25) is 14.9 Å². The predicted molar refractivity (Wildman–Crippen MR) is 83.1 cm³/mol. The lowest BCUT2D eigenvalue weighted by Crippen LogP contribution is -2.43. The van der Waals surface area contributed by atoms with Gasteiger partial charge in [-0.05, 0) is 38.9 Å². The van der Waals surface area contributed by atoms with Crippen molar-refractivity contribution in [3.8, 4) is 0 Å². The third-order valence-electron chi connectivity index (χ3n) is 3.83. The van der Waals surface area contributed by atoms with Crippen LogP contribution in [-0.4, -0.2) is 41.9 Å². The van der Waals surface area contributed by atoms with Gasteiger partial charge in [0.1, 0.15) is 0 Å². The molecule has 1 aromatic carbocycles. The molecular weight excluding hydrogens is 294 g/mol. The number of hydrogen-bond donors (Lipinski definition) is 1. The van der Waals surface area contributed by atoms with Crippen LogP contribution in [0.25, 0.3) is 0 Å². The van der Waals surface area contributed by atoms with Crippen molar-refractivity contribution in [3.63, 3.8) is 0 Å². The molecule has 2 rings (SSSR count). The molecule has 1 aliphatic heterocycles. The van der Waals surface area contributed by atoms with Gasteiger partial charge in [0.05, 0.1) is 4.92 Å². The molecule has 0 aliphatic carbocycles. The first-order chi connectivity index (χ1) is 9.52. The average molecular weight is 314 g/mol. The Morgan fingerprint density at radius 1 is 1.38 bits per heavy atom. The van der Waals surface area contributed by atoms with Crippen LogP contribution in [-0.2, 0) is 0 Å². The standard InChI is InChI=1S/C14H19N3O3.ClH/c1-10-9-11(3-4-13(10)17(19)20)14(18)16-7-5-12(15-2)6-8-16;/h3-4,9,12,15H,5-8H2,1-2H3;1H. The van der Waals surface area contributed by atoms with E-state index in [2.05, 4.69) is 5.32 Å². The molecular formula is C14H20ClN3O3. The second-order valence-corrected chi connectivity index (χ2v) is 5.11. The highest BCUT2D eigenvalue weighted by Crippen LogP contribution is 2.21. The van der Waals surface area contributed by atoms with Crippen LogP contribution in [0.4, 0.5) is 5.69 Å². The van der Waals surface area contributed by atoms with Gasteiger partial charge in [-0.25, -0.2) is 0 Å². The minimum atomic E-state index is -0.429. The lowest BCUT2D eigenvalue weighted by atomic mass is 10.0. The Kier molecular flexibility index (Phi) is 6.11. The molecule has 1 fully saturated rings. The lowest BCUT2D eigenvalue weighted by molar-refractivity contribution is -0.385. The summed E-state index contributed by atoms with van der Waals surface area (Å²) in [6.45, 7) is 3.10. The Morgan fingerprint density at radius 3 is 2.48 bits per heavy atom. The van der Waals surface area contributed by atoms with Crippen molar-refractivity contribution in [2.75, 3.05) is 20.1 Å². The van der Waals surface area contributed by atoms with E-state index in [1.54, 1.807) is 13.0 Å². The van der Waals surface area contributed by atoms with E-state index in [1.165, 1.54) is 12.1 Å². The summed E-state index contributed by atoms with van der Waals surface area (Å²) in [6, 6.07) is 5.02. The number of halogens is 1. The topological polar surface area (TPSA) is 75.5 Å². The smallest absolute Gasteiger partial charge is 0.272 e. The van der Waals surface area contributed by atoms with Crippen molar-refractivity contribution in [2.24, 2.45) is 0 Å². The fourth-order valence-electron chi connectivity index (χ4n) is 2.55. The van der Waals surface area contributed by atoms with E-state index in [0.717, 1.165) is 25.9 Å². The average Bonchev–Trinajstić information content (AvgIpc) is 2.46. The number of carbonyl (C=O) groups is 1. The van der Waals surface area contributed by atoms with Gasteiger partial charge in [-0.15, -0.1) is 12.4 Å². The Bertz CT molecular complexity index is 528. The van der Waals surface area contributed by atoms with Gasteiger partial charge in [-0.1, -0.05) is 0 Å². The number of amides is 1. The molecule has 7 heteroatoms. The number of nitrogens with zero attached hydrogens (tertiary/aromatic N) is 2. The monoisotopic (exact) mass is 313 g/mol. The molecule has 0 bridgehead atoms. The number of hydrogen-bond acceptors (Lipinski definition) is 4. The number of nitro groups is 1. The number of nitro benzene ring substituents is 1. The van der Waals surface area contributed by atoms with Crippen molar-refractivity contribution < 1.29 is 9.72 Å². The maximum atomic E-state index is 12.4. The van der Waals surface area contributed by atoms with Crippen LogP contribution >= 0.6 is 12.4 Å². The summed E-state index contributed by atoms with van der Waals surface area (Å²) in [6.07, 6.45) is 1.88. The van der Waals surface area contributed by atoms with Crippen LogP contribution in [0, 0.1) is 17.0 Å².